The summed E-state index contributed by atoms with van der Waals surface area (Å²) >= 11 is 6.69. The van der Waals surface area contributed by atoms with Crippen LogP contribution >= 0.6 is 31.9 Å². The average Bonchev–Trinajstić information content (AvgIpc) is 2.41. The summed E-state index contributed by atoms with van der Waals surface area (Å²) in [5, 5.41) is 9.88. The van der Waals surface area contributed by atoms with E-state index in [-0.39, 0.29) is 5.75 Å². The first-order valence-electron chi connectivity index (χ1n) is 5.88. The van der Waals surface area contributed by atoms with Crippen LogP contribution in [0, 0.1) is 0 Å². The van der Waals surface area contributed by atoms with Crippen molar-refractivity contribution in [3.8, 4) is 5.75 Å². The van der Waals surface area contributed by atoms with Crippen LogP contribution in [0.5, 0.6) is 5.75 Å². The highest BCUT2D eigenvalue weighted by atomic mass is 79.9. The molecule has 0 atom stereocenters. The van der Waals surface area contributed by atoms with E-state index >= 15 is 0 Å². The second-order valence-electron chi connectivity index (χ2n) is 4.10. The van der Waals surface area contributed by atoms with Crippen LogP contribution in [0.15, 0.2) is 56.4 Å². The molecule has 0 aliphatic carbocycles. The molecule has 0 aromatic heterocycles. The Morgan fingerprint density at radius 2 is 1.84 bits per heavy atom. The quantitative estimate of drug-likeness (QED) is 0.771. The van der Waals surface area contributed by atoms with Gasteiger partial charge in [-0.05, 0) is 40.0 Å². The molecule has 19 heavy (non-hydrogen) atoms. The first-order valence-corrected chi connectivity index (χ1v) is 7.47. The minimum absolute atomic E-state index is 0.215. The monoisotopic (exact) mass is 381 g/mol. The van der Waals surface area contributed by atoms with E-state index in [4.69, 9.17) is 0 Å². The van der Waals surface area contributed by atoms with Gasteiger partial charge in [-0.3, -0.25) is 4.99 Å². The smallest absolute Gasteiger partial charge is 0.138 e. The summed E-state index contributed by atoms with van der Waals surface area (Å²) in [6, 6.07) is 13.9. The number of halogens is 2. The van der Waals surface area contributed by atoms with E-state index in [1.54, 1.807) is 12.3 Å². The van der Waals surface area contributed by atoms with E-state index in [2.05, 4.69) is 49.0 Å². The average molecular weight is 383 g/mol. The summed E-state index contributed by atoms with van der Waals surface area (Å²) < 4.78 is 1.56. The molecule has 0 saturated heterocycles. The normalized spacial score (nSPS) is 11.1. The van der Waals surface area contributed by atoms with Crippen molar-refractivity contribution in [3.05, 3.63) is 62.5 Å². The van der Waals surface area contributed by atoms with Gasteiger partial charge in [-0.1, -0.05) is 46.3 Å². The van der Waals surface area contributed by atoms with Gasteiger partial charge in [0.05, 0.1) is 4.47 Å². The van der Waals surface area contributed by atoms with Crippen molar-refractivity contribution in [2.45, 2.75) is 6.42 Å². The SMILES string of the molecule is Oc1c(Br)cc(Br)cc1C=NCCc1ccccc1. The maximum absolute atomic E-state index is 9.88. The van der Waals surface area contributed by atoms with E-state index in [1.807, 2.05) is 24.3 Å². The van der Waals surface area contributed by atoms with Crippen molar-refractivity contribution in [2.75, 3.05) is 6.54 Å². The van der Waals surface area contributed by atoms with Gasteiger partial charge < -0.3 is 5.11 Å². The van der Waals surface area contributed by atoms with Crippen LogP contribution in [0.4, 0.5) is 0 Å². The number of hydrogen-bond acceptors (Lipinski definition) is 2. The molecule has 98 valence electrons. The third kappa shape index (κ3) is 4.18. The standard InChI is InChI=1S/C15H13Br2NO/c16-13-8-12(15(19)14(17)9-13)10-18-7-6-11-4-2-1-3-5-11/h1-5,8-10,19H,6-7H2. The molecule has 0 bridgehead atoms. The molecule has 0 aliphatic heterocycles. The van der Waals surface area contributed by atoms with Crippen LogP contribution in [0.1, 0.15) is 11.1 Å². The number of hydrogen-bond donors (Lipinski definition) is 1. The topological polar surface area (TPSA) is 32.6 Å². The zero-order chi connectivity index (χ0) is 13.7. The molecule has 0 radical (unpaired) electrons. The molecular weight excluding hydrogens is 370 g/mol. The van der Waals surface area contributed by atoms with Crippen LogP contribution in [0.25, 0.3) is 0 Å². The number of benzene rings is 2. The Balaban J connectivity index is 2.00. The third-order valence-electron chi connectivity index (χ3n) is 2.66. The lowest BCUT2D eigenvalue weighted by molar-refractivity contribution is 0.471. The summed E-state index contributed by atoms with van der Waals surface area (Å²) in [5.74, 6) is 0.215. The number of phenols is 1. The maximum Gasteiger partial charge on any atom is 0.138 e. The van der Waals surface area contributed by atoms with Gasteiger partial charge in [0.2, 0.25) is 0 Å². The van der Waals surface area contributed by atoms with Crippen molar-refractivity contribution in [2.24, 2.45) is 4.99 Å². The number of rotatable bonds is 4. The van der Waals surface area contributed by atoms with Gasteiger partial charge in [0.25, 0.3) is 0 Å². The van der Waals surface area contributed by atoms with E-state index in [0.29, 0.717) is 16.6 Å². The zero-order valence-electron chi connectivity index (χ0n) is 10.2. The Labute approximate surface area is 129 Å². The Morgan fingerprint density at radius 3 is 2.58 bits per heavy atom. The maximum atomic E-state index is 9.88. The first kappa shape index (κ1) is 14.3. The van der Waals surface area contributed by atoms with Crippen LogP contribution in [-0.4, -0.2) is 17.9 Å². The van der Waals surface area contributed by atoms with Gasteiger partial charge in [-0.2, -0.15) is 0 Å². The van der Waals surface area contributed by atoms with Gasteiger partial charge in [0, 0.05) is 22.8 Å². The predicted octanol–water partition coefficient (Wildman–Crippen LogP) is 4.58. The van der Waals surface area contributed by atoms with Crippen molar-refractivity contribution < 1.29 is 5.11 Å². The van der Waals surface area contributed by atoms with Gasteiger partial charge in [-0.25, -0.2) is 0 Å². The first-order chi connectivity index (χ1) is 9.16. The number of aromatic hydroxyl groups is 1. The molecule has 0 saturated carbocycles. The van der Waals surface area contributed by atoms with Gasteiger partial charge in [0.1, 0.15) is 5.75 Å². The molecule has 0 amide bonds. The lowest BCUT2D eigenvalue weighted by Crippen LogP contribution is -1.91. The predicted molar refractivity (Wildman–Crippen MR) is 86.1 cm³/mol. The van der Waals surface area contributed by atoms with Gasteiger partial charge in [-0.15, -0.1) is 0 Å². The fraction of sp³-hybridized carbons (Fsp3) is 0.133. The van der Waals surface area contributed by atoms with Crippen LogP contribution in [0.2, 0.25) is 0 Å². The summed E-state index contributed by atoms with van der Waals surface area (Å²) in [6.45, 7) is 0.702. The molecule has 0 unspecified atom stereocenters. The Morgan fingerprint density at radius 1 is 1.11 bits per heavy atom. The molecule has 2 aromatic rings. The second kappa shape index (κ2) is 6.87. The molecule has 4 heteroatoms. The summed E-state index contributed by atoms with van der Waals surface area (Å²) in [5.41, 5.74) is 1.97. The second-order valence-corrected chi connectivity index (χ2v) is 5.87. The highest BCUT2D eigenvalue weighted by Crippen LogP contribution is 2.30. The summed E-state index contributed by atoms with van der Waals surface area (Å²) in [6.07, 6.45) is 2.60. The Kier molecular flexibility index (Phi) is 5.16. The number of aliphatic imine (C=N–C) groups is 1. The molecule has 2 nitrogen and oxygen atoms in total. The molecule has 2 aromatic carbocycles. The molecule has 0 spiro atoms. The molecule has 0 fully saturated rings. The lowest BCUT2D eigenvalue weighted by atomic mass is 10.1. The van der Waals surface area contributed by atoms with Crippen molar-refractivity contribution >= 4 is 38.1 Å². The highest BCUT2D eigenvalue weighted by molar-refractivity contribution is 9.11. The van der Waals surface area contributed by atoms with Gasteiger partial charge >= 0.3 is 0 Å². The highest BCUT2D eigenvalue weighted by Gasteiger charge is 2.04. The lowest BCUT2D eigenvalue weighted by Gasteiger charge is -2.03. The summed E-state index contributed by atoms with van der Waals surface area (Å²) in [4.78, 5) is 4.35. The fourth-order valence-electron chi connectivity index (χ4n) is 1.69. The van der Waals surface area contributed by atoms with Crippen LogP contribution < -0.4 is 0 Å². The van der Waals surface area contributed by atoms with E-state index in [1.165, 1.54) is 5.56 Å². The summed E-state index contributed by atoms with van der Waals surface area (Å²) in [7, 11) is 0. The molecule has 0 heterocycles. The third-order valence-corrected chi connectivity index (χ3v) is 3.72. The van der Waals surface area contributed by atoms with E-state index in [9.17, 15) is 5.11 Å². The molecule has 2 rings (SSSR count). The largest absolute Gasteiger partial charge is 0.506 e. The minimum Gasteiger partial charge on any atom is -0.506 e. The molecule has 0 aliphatic rings. The number of phenolic OH excluding ortho intramolecular Hbond substituents is 1. The van der Waals surface area contributed by atoms with Crippen LogP contribution in [0.3, 0.4) is 0 Å². The zero-order valence-corrected chi connectivity index (χ0v) is 13.4. The van der Waals surface area contributed by atoms with Crippen molar-refractivity contribution in [3.63, 3.8) is 0 Å². The van der Waals surface area contributed by atoms with Crippen molar-refractivity contribution in [1.82, 2.24) is 0 Å². The van der Waals surface area contributed by atoms with Gasteiger partial charge in [0.15, 0.2) is 0 Å². The minimum atomic E-state index is 0.215. The van der Waals surface area contributed by atoms with Crippen LogP contribution in [-0.2, 0) is 6.42 Å². The molecular formula is C15H13Br2NO. The van der Waals surface area contributed by atoms with E-state index < -0.39 is 0 Å². The number of nitrogens with zero attached hydrogens (tertiary/aromatic N) is 1. The van der Waals surface area contributed by atoms with Crippen molar-refractivity contribution in [1.29, 1.82) is 0 Å². The molecule has 1 N–H and O–H groups in total. The van der Waals surface area contributed by atoms with E-state index in [0.717, 1.165) is 10.9 Å². The Hall–Kier alpha value is -1.13. The Bertz CT molecular complexity index is 582. The fourth-order valence-corrected chi connectivity index (χ4v) is 2.94.